The first-order chi connectivity index (χ1) is 8.08. The van der Waals surface area contributed by atoms with Gasteiger partial charge in [-0.2, -0.15) is 5.26 Å². The molecule has 0 fully saturated rings. The summed E-state index contributed by atoms with van der Waals surface area (Å²) in [4.78, 5) is 13.8. The molecule has 1 aromatic carbocycles. The zero-order valence-corrected chi connectivity index (χ0v) is 10.4. The predicted octanol–water partition coefficient (Wildman–Crippen LogP) is 1.84. The zero-order valence-electron chi connectivity index (χ0n) is 10.4. The quantitative estimate of drug-likeness (QED) is 0.860. The van der Waals surface area contributed by atoms with Gasteiger partial charge in [-0.15, -0.1) is 0 Å². The smallest absolute Gasteiger partial charge is 0.241 e. The first-order valence-electron chi connectivity index (χ1n) is 5.59. The number of amides is 1. The van der Waals surface area contributed by atoms with E-state index >= 15 is 0 Å². The Bertz CT molecular complexity index is 437. The van der Waals surface area contributed by atoms with Crippen LogP contribution in [0.15, 0.2) is 24.3 Å². The summed E-state index contributed by atoms with van der Waals surface area (Å²) < 4.78 is 0. The number of carbonyl (C=O) groups is 1. The molecule has 0 saturated carbocycles. The van der Waals surface area contributed by atoms with Crippen molar-refractivity contribution in [1.29, 1.82) is 5.26 Å². The second-order valence-corrected chi connectivity index (χ2v) is 3.93. The molecule has 0 aliphatic rings. The summed E-state index contributed by atoms with van der Waals surface area (Å²) in [6, 6.07) is 8.75. The molecule has 4 heteroatoms. The van der Waals surface area contributed by atoms with Crippen molar-refractivity contribution >= 4 is 11.6 Å². The number of nitrogens with one attached hydrogen (secondary N) is 1. The standard InChI is InChI=1S/C13H17N3O/c1-4-16(3)10(2)13(17)15-12-7-5-6-11(8-12)9-14/h5-8,10H,4H2,1-3H3,(H,15,17). The van der Waals surface area contributed by atoms with Gasteiger partial charge in [-0.05, 0) is 38.7 Å². The van der Waals surface area contributed by atoms with Crippen LogP contribution in [0.3, 0.4) is 0 Å². The second kappa shape index (κ2) is 6.02. The molecule has 0 heterocycles. The van der Waals surface area contributed by atoms with E-state index in [4.69, 9.17) is 5.26 Å². The van der Waals surface area contributed by atoms with Gasteiger partial charge in [0.1, 0.15) is 0 Å². The Morgan fingerprint density at radius 2 is 2.29 bits per heavy atom. The minimum absolute atomic E-state index is 0.0653. The molecule has 0 bridgehead atoms. The van der Waals surface area contributed by atoms with E-state index in [9.17, 15) is 4.79 Å². The van der Waals surface area contributed by atoms with E-state index in [1.807, 2.05) is 31.9 Å². The van der Waals surface area contributed by atoms with Crippen LogP contribution in [0.5, 0.6) is 0 Å². The van der Waals surface area contributed by atoms with Gasteiger partial charge in [0, 0.05) is 5.69 Å². The molecule has 0 aliphatic carbocycles. The number of hydrogen-bond acceptors (Lipinski definition) is 3. The highest BCUT2D eigenvalue weighted by Gasteiger charge is 2.16. The highest BCUT2D eigenvalue weighted by Crippen LogP contribution is 2.10. The average molecular weight is 231 g/mol. The molecule has 17 heavy (non-hydrogen) atoms. The van der Waals surface area contributed by atoms with Gasteiger partial charge in [0.2, 0.25) is 5.91 Å². The number of rotatable bonds is 4. The number of benzene rings is 1. The highest BCUT2D eigenvalue weighted by atomic mass is 16.2. The maximum atomic E-state index is 11.9. The molecule has 0 aromatic heterocycles. The van der Waals surface area contributed by atoms with Crippen LogP contribution in [-0.2, 0) is 4.79 Å². The first-order valence-corrected chi connectivity index (χ1v) is 5.59. The van der Waals surface area contributed by atoms with Gasteiger partial charge in [-0.25, -0.2) is 0 Å². The molecular weight excluding hydrogens is 214 g/mol. The molecule has 1 amide bonds. The van der Waals surface area contributed by atoms with Crippen molar-refractivity contribution in [2.24, 2.45) is 0 Å². The van der Waals surface area contributed by atoms with E-state index in [-0.39, 0.29) is 11.9 Å². The van der Waals surface area contributed by atoms with Crippen molar-refractivity contribution in [3.05, 3.63) is 29.8 Å². The largest absolute Gasteiger partial charge is 0.325 e. The Morgan fingerprint density at radius 3 is 2.88 bits per heavy atom. The SMILES string of the molecule is CCN(C)C(C)C(=O)Nc1cccc(C#N)c1. The Kier molecular flexibility index (Phi) is 4.68. The van der Waals surface area contributed by atoms with E-state index in [0.29, 0.717) is 11.3 Å². The van der Waals surface area contributed by atoms with Crippen molar-refractivity contribution in [3.8, 4) is 6.07 Å². The summed E-state index contributed by atoms with van der Waals surface area (Å²) in [6.07, 6.45) is 0. The average Bonchev–Trinajstić information content (AvgIpc) is 2.37. The molecule has 4 nitrogen and oxygen atoms in total. The van der Waals surface area contributed by atoms with Crippen molar-refractivity contribution in [2.45, 2.75) is 19.9 Å². The summed E-state index contributed by atoms with van der Waals surface area (Å²) in [5.74, 6) is -0.0653. The third-order valence-corrected chi connectivity index (χ3v) is 2.80. The van der Waals surface area contributed by atoms with Crippen molar-refractivity contribution in [1.82, 2.24) is 4.90 Å². The minimum Gasteiger partial charge on any atom is -0.325 e. The van der Waals surface area contributed by atoms with Gasteiger partial charge in [-0.3, -0.25) is 9.69 Å². The van der Waals surface area contributed by atoms with E-state index in [2.05, 4.69) is 5.32 Å². The highest BCUT2D eigenvalue weighted by molar-refractivity contribution is 5.94. The number of nitrogens with zero attached hydrogens (tertiary/aromatic N) is 2. The lowest BCUT2D eigenvalue weighted by molar-refractivity contribution is -0.120. The fraction of sp³-hybridized carbons (Fsp3) is 0.385. The third kappa shape index (κ3) is 3.58. The van der Waals surface area contributed by atoms with Gasteiger partial charge in [0.25, 0.3) is 0 Å². The van der Waals surface area contributed by atoms with Crippen LogP contribution in [-0.4, -0.2) is 30.4 Å². The van der Waals surface area contributed by atoms with Crippen LogP contribution >= 0.6 is 0 Å². The van der Waals surface area contributed by atoms with Crippen LogP contribution in [0.1, 0.15) is 19.4 Å². The summed E-state index contributed by atoms with van der Waals surface area (Å²) in [5.41, 5.74) is 1.20. The maximum absolute atomic E-state index is 11.9. The summed E-state index contributed by atoms with van der Waals surface area (Å²) in [5, 5.41) is 11.6. The number of likely N-dealkylation sites (N-methyl/N-ethyl adjacent to an activating group) is 1. The van der Waals surface area contributed by atoms with Crippen molar-refractivity contribution in [3.63, 3.8) is 0 Å². The van der Waals surface area contributed by atoms with Gasteiger partial charge >= 0.3 is 0 Å². The first kappa shape index (κ1) is 13.2. The predicted molar refractivity (Wildman–Crippen MR) is 67.6 cm³/mol. The maximum Gasteiger partial charge on any atom is 0.241 e. The number of nitriles is 1. The van der Waals surface area contributed by atoms with Crippen LogP contribution in [0.25, 0.3) is 0 Å². The molecular formula is C13H17N3O. The van der Waals surface area contributed by atoms with Gasteiger partial charge in [-0.1, -0.05) is 13.0 Å². The lowest BCUT2D eigenvalue weighted by Gasteiger charge is -2.22. The summed E-state index contributed by atoms with van der Waals surface area (Å²) in [7, 11) is 1.90. The second-order valence-electron chi connectivity index (χ2n) is 3.93. The van der Waals surface area contributed by atoms with E-state index in [1.54, 1.807) is 24.3 Å². The fourth-order valence-electron chi connectivity index (χ4n) is 1.39. The van der Waals surface area contributed by atoms with Gasteiger partial charge in [0.15, 0.2) is 0 Å². The molecule has 0 saturated heterocycles. The molecule has 1 unspecified atom stereocenters. The lowest BCUT2D eigenvalue weighted by Crippen LogP contribution is -2.39. The van der Waals surface area contributed by atoms with Crippen LogP contribution in [0, 0.1) is 11.3 Å². The van der Waals surface area contributed by atoms with E-state index in [1.165, 1.54) is 0 Å². The lowest BCUT2D eigenvalue weighted by atomic mass is 10.2. The van der Waals surface area contributed by atoms with Gasteiger partial charge < -0.3 is 5.32 Å². The van der Waals surface area contributed by atoms with Gasteiger partial charge in [0.05, 0.1) is 17.7 Å². The third-order valence-electron chi connectivity index (χ3n) is 2.80. The molecule has 1 aromatic rings. The topological polar surface area (TPSA) is 56.1 Å². The Balaban J connectivity index is 2.71. The van der Waals surface area contributed by atoms with Crippen LogP contribution in [0.4, 0.5) is 5.69 Å². The van der Waals surface area contributed by atoms with E-state index < -0.39 is 0 Å². The fourth-order valence-corrected chi connectivity index (χ4v) is 1.39. The Morgan fingerprint density at radius 1 is 1.59 bits per heavy atom. The molecule has 1 N–H and O–H groups in total. The zero-order chi connectivity index (χ0) is 12.8. The summed E-state index contributed by atoms with van der Waals surface area (Å²) >= 11 is 0. The number of anilines is 1. The summed E-state index contributed by atoms with van der Waals surface area (Å²) in [6.45, 7) is 4.67. The Hall–Kier alpha value is -1.86. The molecule has 0 spiro atoms. The van der Waals surface area contributed by atoms with E-state index in [0.717, 1.165) is 6.54 Å². The van der Waals surface area contributed by atoms with Crippen molar-refractivity contribution < 1.29 is 4.79 Å². The molecule has 1 atom stereocenters. The normalized spacial score (nSPS) is 11.9. The Labute approximate surface area is 102 Å². The monoisotopic (exact) mass is 231 g/mol. The number of carbonyl (C=O) groups excluding carboxylic acids is 1. The van der Waals surface area contributed by atoms with Crippen LogP contribution < -0.4 is 5.32 Å². The minimum atomic E-state index is -0.189. The number of hydrogen-bond donors (Lipinski definition) is 1. The molecule has 90 valence electrons. The van der Waals surface area contributed by atoms with Crippen LogP contribution in [0.2, 0.25) is 0 Å². The van der Waals surface area contributed by atoms with Crippen molar-refractivity contribution in [2.75, 3.05) is 18.9 Å². The molecule has 1 rings (SSSR count). The molecule has 0 aliphatic heterocycles. The molecule has 0 radical (unpaired) electrons.